The molecule has 1 aliphatic carbocycles. The molecule has 2 aromatic rings. The molecule has 0 aliphatic heterocycles. The molecule has 0 spiro atoms. The molecule has 0 radical (unpaired) electrons. The maximum absolute atomic E-state index is 12.4. The van der Waals surface area contributed by atoms with Gasteiger partial charge in [0.1, 0.15) is 17.9 Å². The number of carbonyl (C=O) groups is 1. The molecule has 6 nitrogen and oxygen atoms in total. The van der Waals surface area contributed by atoms with Crippen molar-refractivity contribution in [1.29, 1.82) is 0 Å². The topological polar surface area (TPSA) is 84.3 Å². The second-order valence-corrected chi connectivity index (χ2v) is 8.10. The molecule has 1 fully saturated rings. The zero-order chi connectivity index (χ0) is 19.4. The number of anilines is 1. The Bertz CT molecular complexity index is 776. The van der Waals surface area contributed by atoms with Crippen LogP contribution < -0.4 is 10.1 Å². The van der Waals surface area contributed by atoms with Gasteiger partial charge in [-0.2, -0.15) is 0 Å². The number of aromatic nitrogens is 2. The van der Waals surface area contributed by atoms with Crippen LogP contribution in [-0.4, -0.2) is 33.2 Å². The predicted molar refractivity (Wildman–Crippen MR) is 104 cm³/mol. The molecule has 0 unspecified atom stereocenters. The predicted octanol–water partition coefficient (Wildman–Crippen LogP) is 3.71. The number of rotatable bonds is 4. The number of benzene rings is 1. The second kappa shape index (κ2) is 8.05. The van der Waals surface area contributed by atoms with Crippen molar-refractivity contribution in [3.8, 4) is 5.75 Å². The lowest BCUT2D eigenvalue weighted by Crippen LogP contribution is -2.28. The van der Waals surface area contributed by atoms with Gasteiger partial charge in [-0.15, -0.1) is 0 Å². The van der Waals surface area contributed by atoms with Crippen LogP contribution in [0.5, 0.6) is 5.75 Å². The lowest BCUT2D eigenvalue weighted by Gasteiger charge is -2.26. The van der Waals surface area contributed by atoms with Crippen molar-refractivity contribution >= 4 is 11.8 Å². The van der Waals surface area contributed by atoms with Gasteiger partial charge in [0.25, 0.3) is 0 Å². The number of ether oxygens (including phenoxy) is 1. The molecule has 0 amide bonds. The zero-order valence-electron chi connectivity index (χ0n) is 16.1. The van der Waals surface area contributed by atoms with E-state index in [2.05, 4.69) is 36.1 Å². The van der Waals surface area contributed by atoms with Crippen molar-refractivity contribution in [2.45, 2.75) is 64.0 Å². The number of aliphatic hydroxyl groups excluding tert-OH is 1. The smallest absolute Gasteiger partial charge is 0.362 e. The fourth-order valence-electron chi connectivity index (χ4n) is 3.16. The maximum atomic E-state index is 12.4. The summed E-state index contributed by atoms with van der Waals surface area (Å²) in [5.41, 5.74) is 1.43. The first-order chi connectivity index (χ1) is 12.8. The second-order valence-electron chi connectivity index (χ2n) is 8.10. The van der Waals surface area contributed by atoms with Crippen molar-refractivity contribution in [3.05, 3.63) is 47.9 Å². The Hall–Kier alpha value is -2.47. The molecule has 1 aromatic heterocycles. The van der Waals surface area contributed by atoms with Gasteiger partial charge in [0.15, 0.2) is 5.69 Å². The van der Waals surface area contributed by atoms with E-state index >= 15 is 0 Å². The first-order valence-electron chi connectivity index (χ1n) is 9.40. The van der Waals surface area contributed by atoms with Gasteiger partial charge in [0.05, 0.1) is 6.10 Å². The minimum atomic E-state index is -0.511. The average Bonchev–Trinajstić information content (AvgIpc) is 2.63. The van der Waals surface area contributed by atoms with Crippen LogP contribution in [-0.2, 0) is 5.41 Å². The van der Waals surface area contributed by atoms with Crippen LogP contribution in [0.4, 0.5) is 5.82 Å². The summed E-state index contributed by atoms with van der Waals surface area (Å²) >= 11 is 0. The van der Waals surface area contributed by atoms with Crippen LogP contribution in [0.15, 0.2) is 36.7 Å². The minimum absolute atomic E-state index is 0.0466. The highest BCUT2D eigenvalue weighted by molar-refractivity contribution is 5.89. The van der Waals surface area contributed by atoms with Crippen LogP contribution in [0.1, 0.15) is 62.5 Å². The quantitative estimate of drug-likeness (QED) is 0.631. The van der Waals surface area contributed by atoms with Gasteiger partial charge in [-0.3, -0.25) is 0 Å². The minimum Gasteiger partial charge on any atom is -0.422 e. The Morgan fingerprint density at radius 2 is 1.78 bits per heavy atom. The molecular formula is C21H27N3O3. The zero-order valence-corrected chi connectivity index (χ0v) is 16.1. The first kappa shape index (κ1) is 19.3. The van der Waals surface area contributed by atoms with Crippen molar-refractivity contribution < 1.29 is 14.6 Å². The van der Waals surface area contributed by atoms with E-state index < -0.39 is 5.97 Å². The Balaban J connectivity index is 1.63. The number of nitrogens with one attached hydrogen (secondary N) is 1. The van der Waals surface area contributed by atoms with Gasteiger partial charge in [0.2, 0.25) is 0 Å². The van der Waals surface area contributed by atoms with E-state index in [-0.39, 0.29) is 23.3 Å². The van der Waals surface area contributed by atoms with Gasteiger partial charge in [0, 0.05) is 12.1 Å². The standard InChI is InChI=1S/C21H27N3O3/c1-21(2,3)14-4-10-17(11-5-14)27-20(26)18-12-19(23-13-22-18)24-15-6-8-16(25)9-7-15/h4-5,10-13,15-16,25H,6-9H2,1-3H3,(H,22,23,24). The van der Waals surface area contributed by atoms with Crippen LogP contribution in [0.2, 0.25) is 0 Å². The molecule has 6 heteroatoms. The van der Waals surface area contributed by atoms with Crippen LogP contribution >= 0.6 is 0 Å². The van der Waals surface area contributed by atoms with E-state index in [9.17, 15) is 9.90 Å². The first-order valence-corrected chi connectivity index (χ1v) is 9.40. The van der Waals surface area contributed by atoms with E-state index in [1.807, 2.05) is 12.1 Å². The summed E-state index contributed by atoms with van der Waals surface area (Å²) in [4.78, 5) is 20.6. The highest BCUT2D eigenvalue weighted by atomic mass is 16.5. The fourth-order valence-corrected chi connectivity index (χ4v) is 3.16. The highest BCUT2D eigenvalue weighted by Gasteiger charge is 2.20. The summed E-state index contributed by atoms with van der Waals surface area (Å²) in [6.45, 7) is 6.41. The largest absolute Gasteiger partial charge is 0.422 e. The summed E-state index contributed by atoms with van der Waals surface area (Å²) in [6, 6.07) is 9.38. The molecule has 1 heterocycles. The molecule has 0 saturated heterocycles. The van der Waals surface area contributed by atoms with Crippen molar-refractivity contribution in [2.75, 3.05) is 5.32 Å². The SMILES string of the molecule is CC(C)(C)c1ccc(OC(=O)c2cc(NC3CCC(O)CC3)ncn2)cc1. The molecule has 0 bridgehead atoms. The van der Waals surface area contributed by atoms with E-state index in [4.69, 9.17) is 4.74 Å². The van der Waals surface area contributed by atoms with E-state index in [0.29, 0.717) is 11.6 Å². The monoisotopic (exact) mass is 369 g/mol. The van der Waals surface area contributed by atoms with Crippen LogP contribution in [0.25, 0.3) is 0 Å². The number of hydrogen-bond donors (Lipinski definition) is 2. The number of hydrogen-bond acceptors (Lipinski definition) is 6. The number of aliphatic hydroxyl groups is 1. The Labute approximate surface area is 160 Å². The van der Waals surface area contributed by atoms with Gasteiger partial charge < -0.3 is 15.2 Å². The molecule has 2 N–H and O–H groups in total. The third kappa shape index (κ3) is 5.26. The summed E-state index contributed by atoms with van der Waals surface area (Å²) in [7, 11) is 0. The van der Waals surface area contributed by atoms with E-state index in [1.165, 1.54) is 11.9 Å². The van der Waals surface area contributed by atoms with Crippen molar-refractivity contribution in [2.24, 2.45) is 0 Å². The summed E-state index contributed by atoms with van der Waals surface area (Å²) in [5, 5.41) is 12.9. The molecule has 1 saturated carbocycles. The van der Waals surface area contributed by atoms with Crippen molar-refractivity contribution in [1.82, 2.24) is 9.97 Å². The normalized spacial score (nSPS) is 20.1. The number of nitrogens with zero attached hydrogens (tertiary/aromatic N) is 2. The molecule has 1 aromatic carbocycles. The Kier molecular flexibility index (Phi) is 5.75. The van der Waals surface area contributed by atoms with Crippen LogP contribution in [0.3, 0.4) is 0 Å². The summed E-state index contributed by atoms with van der Waals surface area (Å²) in [5.74, 6) is 0.576. The average molecular weight is 369 g/mol. The third-order valence-electron chi connectivity index (χ3n) is 4.86. The summed E-state index contributed by atoms with van der Waals surface area (Å²) < 4.78 is 5.44. The molecule has 0 atom stereocenters. The molecule has 1 aliphatic rings. The van der Waals surface area contributed by atoms with Gasteiger partial charge >= 0.3 is 5.97 Å². The van der Waals surface area contributed by atoms with E-state index in [1.54, 1.807) is 18.2 Å². The third-order valence-corrected chi connectivity index (χ3v) is 4.86. The molecular weight excluding hydrogens is 342 g/mol. The molecule has 27 heavy (non-hydrogen) atoms. The molecule has 3 rings (SSSR count). The van der Waals surface area contributed by atoms with Crippen LogP contribution in [0, 0.1) is 0 Å². The van der Waals surface area contributed by atoms with Crippen molar-refractivity contribution in [3.63, 3.8) is 0 Å². The lowest BCUT2D eigenvalue weighted by molar-refractivity contribution is 0.0728. The molecule has 144 valence electrons. The number of esters is 1. The lowest BCUT2D eigenvalue weighted by atomic mass is 9.87. The van der Waals surface area contributed by atoms with Gasteiger partial charge in [-0.1, -0.05) is 32.9 Å². The fraction of sp³-hybridized carbons (Fsp3) is 0.476. The Morgan fingerprint density at radius 1 is 1.11 bits per heavy atom. The van der Waals surface area contributed by atoms with Gasteiger partial charge in [-0.05, 0) is 48.8 Å². The van der Waals surface area contributed by atoms with E-state index in [0.717, 1.165) is 25.7 Å². The highest BCUT2D eigenvalue weighted by Crippen LogP contribution is 2.25. The Morgan fingerprint density at radius 3 is 2.41 bits per heavy atom. The maximum Gasteiger partial charge on any atom is 0.362 e. The number of carbonyl (C=O) groups excluding carboxylic acids is 1. The van der Waals surface area contributed by atoms with Gasteiger partial charge in [-0.25, -0.2) is 14.8 Å². The summed E-state index contributed by atoms with van der Waals surface area (Å²) in [6.07, 6.45) is 4.48.